The first-order valence-corrected chi connectivity index (χ1v) is 11.4. The van der Waals surface area contributed by atoms with E-state index in [1.165, 1.54) is 12.1 Å². The Morgan fingerprint density at radius 2 is 2.00 bits per heavy atom. The van der Waals surface area contributed by atoms with Crippen LogP contribution in [0.15, 0.2) is 46.9 Å². The number of nitrogens with zero attached hydrogens (tertiary/aromatic N) is 3. The fourth-order valence-corrected chi connectivity index (χ4v) is 4.35. The van der Waals surface area contributed by atoms with Gasteiger partial charge in [-0.2, -0.15) is 5.10 Å². The van der Waals surface area contributed by atoms with Crippen molar-refractivity contribution in [2.75, 3.05) is 5.32 Å². The van der Waals surface area contributed by atoms with Crippen molar-refractivity contribution in [1.82, 2.24) is 14.8 Å². The predicted octanol–water partition coefficient (Wildman–Crippen LogP) is 6.72. The largest absolute Gasteiger partial charge is 0.319 e. The number of benzene rings is 2. The molecule has 1 amide bonds. The molecule has 2 aromatic heterocycles. The Morgan fingerprint density at radius 1 is 1.22 bits per heavy atom. The zero-order chi connectivity index (χ0) is 22.6. The zero-order valence-electron chi connectivity index (χ0n) is 17.4. The molecule has 1 aliphatic rings. The van der Waals surface area contributed by atoms with Gasteiger partial charge in [-0.15, -0.1) is 0 Å². The van der Waals surface area contributed by atoms with Crippen LogP contribution in [0.25, 0.3) is 16.7 Å². The van der Waals surface area contributed by atoms with Crippen LogP contribution < -0.4 is 5.32 Å². The maximum atomic E-state index is 14.4. The molecule has 0 unspecified atom stereocenters. The summed E-state index contributed by atoms with van der Waals surface area (Å²) in [6.45, 7) is 3.77. The summed E-state index contributed by atoms with van der Waals surface area (Å²) in [5, 5.41) is 8.68. The second-order valence-electron chi connectivity index (χ2n) is 8.03. The van der Waals surface area contributed by atoms with Gasteiger partial charge in [0.05, 0.1) is 28.0 Å². The van der Waals surface area contributed by atoms with Crippen molar-refractivity contribution in [3.05, 3.63) is 80.3 Å². The molecule has 1 aliphatic carbocycles. The number of hydrogen-bond donors (Lipinski definition) is 1. The summed E-state index contributed by atoms with van der Waals surface area (Å²) < 4.78 is 16.7. The minimum atomic E-state index is -0.512. The first-order valence-electron chi connectivity index (χ1n) is 10.3. The van der Waals surface area contributed by atoms with Gasteiger partial charge in [0.1, 0.15) is 5.82 Å². The lowest BCUT2D eigenvalue weighted by molar-refractivity contribution is 0.102. The normalized spacial score (nSPS) is 13.5. The Hall–Kier alpha value is -2.77. The van der Waals surface area contributed by atoms with Crippen molar-refractivity contribution in [3.63, 3.8) is 0 Å². The Labute approximate surface area is 197 Å². The molecule has 32 heavy (non-hydrogen) atoms. The molecular formula is C24H19BrClFN4O. The van der Waals surface area contributed by atoms with Crippen LogP contribution in [-0.2, 0) is 0 Å². The van der Waals surface area contributed by atoms with Gasteiger partial charge in [0.25, 0.3) is 5.91 Å². The number of halogens is 3. The molecule has 5 nitrogen and oxygen atoms in total. The lowest BCUT2D eigenvalue weighted by atomic mass is 10.1. The average Bonchev–Trinajstić information content (AvgIpc) is 3.56. The summed E-state index contributed by atoms with van der Waals surface area (Å²) >= 11 is 9.58. The van der Waals surface area contributed by atoms with E-state index in [1.807, 2.05) is 38.1 Å². The third-order valence-corrected chi connectivity index (χ3v) is 6.62. The van der Waals surface area contributed by atoms with Gasteiger partial charge < -0.3 is 5.32 Å². The zero-order valence-corrected chi connectivity index (χ0v) is 19.8. The van der Waals surface area contributed by atoms with Crippen LogP contribution in [0.3, 0.4) is 0 Å². The molecule has 0 aliphatic heterocycles. The molecular weight excluding hydrogens is 495 g/mol. The number of carbonyl (C=O) groups is 1. The number of amides is 1. The van der Waals surface area contributed by atoms with Crippen LogP contribution in [0, 0.1) is 19.7 Å². The highest BCUT2D eigenvalue weighted by molar-refractivity contribution is 9.10. The van der Waals surface area contributed by atoms with E-state index in [4.69, 9.17) is 21.7 Å². The number of aromatic nitrogens is 3. The van der Waals surface area contributed by atoms with Crippen LogP contribution in [0.4, 0.5) is 10.1 Å². The molecule has 8 heteroatoms. The maximum absolute atomic E-state index is 14.4. The number of rotatable bonds is 4. The predicted molar refractivity (Wildman–Crippen MR) is 127 cm³/mol. The third-order valence-electron chi connectivity index (χ3n) is 5.72. The van der Waals surface area contributed by atoms with Crippen LogP contribution in [0.1, 0.15) is 46.1 Å². The minimum Gasteiger partial charge on any atom is -0.319 e. The van der Waals surface area contributed by atoms with Crippen molar-refractivity contribution in [1.29, 1.82) is 0 Å². The molecule has 1 fully saturated rings. The van der Waals surface area contributed by atoms with Gasteiger partial charge in [-0.3, -0.25) is 4.79 Å². The topological polar surface area (TPSA) is 59.8 Å². The molecule has 1 saturated carbocycles. The molecule has 0 spiro atoms. The molecule has 0 atom stereocenters. The van der Waals surface area contributed by atoms with E-state index in [0.717, 1.165) is 29.8 Å². The molecule has 2 aromatic carbocycles. The van der Waals surface area contributed by atoms with E-state index >= 15 is 0 Å². The molecule has 0 saturated heterocycles. The van der Waals surface area contributed by atoms with Gasteiger partial charge in [-0.05, 0) is 68.7 Å². The summed E-state index contributed by atoms with van der Waals surface area (Å²) in [5.41, 5.74) is 4.34. The van der Waals surface area contributed by atoms with Crippen molar-refractivity contribution in [2.24, 2.45) is 0 Å². The molecule has 1 N–H and O–H groups in total. The van der Waals surface area contributed by atoms with Gasteiger partial charge in [0.15, 0.2) is 5.65 Å². The highest BCUT2D eigenvalue weighted by Crippen LogP contribution is 2.41. The first kappa shape index (κ1) is 21.1. The van der Waals surface area contributed by atoms with E-state index in [0.29, 0.717) is 37.7 Å². The molecule has 0 radical (unpaired) electrons. The number of aryl methyl sites for hydroxylation is 1. The first-order chi connectivity index (χ1) is 15.3. The van der Waals surface area contributed by atoms with Crippen molar-refractivity contribution >= 4 is 50.2 Å². The molecule has 162 valence electrons. The number of hydrogen-bond acceptors (Lipinski definition) is 3. The number of carbonyl (C=O) groups excluding carboxylic acids is 1. The fourth-order valence-electron chi connectivity index (χ4n) is 3.85. The minimum absolute atomic E-state index is 0.117. The second-order valence-corrected chi connectivity index (χ2v) is 9.35. The van der Waals surface area contributed by atoms with Crippen molar-refractivity contribution in [2.45, 2.75) is 32.6 Å². The van der Waals surface area contributed by atoms with Crippen LogP contribution in [0.5, 0.6) is 0 Å². The van der Waals surface area contributed by atoms with E-state index in [-0.39, 0.29) is 5.69 Å². The van der Waals surface area contributed by atoms with Gasteiger partial charge in [-0.25, -0.2) is 14.1 Å². The molecule has 0 bridgehead atoms. The Kier molecular flexibility index (Phi) is 5.26. The van der Waals surface area contributed by atoms with Crippen LogP contribution in [-0.4, -0.2) is 20.7 Å². The Bertz CT molecular complexity index is 1400. The number of nitrogens with one attached hydrogen (secondary N) is 1. The van der Waals surface area contributed by atoms with E-state index in [1.54, 1.807) is 10.7 Å². The summed E-state index contributed by atoms with van der Waals surface area (Å²) in [5.74, 6) is -0.590. The highest BCUT2D eigenvalue weighted by atomic mass is 79.9. The van der Waals surface area contributed by atoms with Gasteiger partial charge in [0, 0.05) is 21.1 Å². The SMILES string of the molecule is Cc1c(Cl)cccc1-n1nc(C)c2c(C(=O)Nc3ccc(Br)cc3F)cc(C3CC3)nc21. The van der Waals surface area contributed by atoms with E-state index in [9.17, 15) is 9.18 Å². The average molecular weight is 514 g/mol. The quantitative estimate of drug-likeness (QED) is 0.329. The summed E-state index contributed by atoms with van der Waals surface area (Å²) in [6, 6.07) is 12.0. The standard InChI is InChI=1S/C24H19BrClFN4O/c1-12-17(26)4-3-5-21(12)31-23-22(13(2)30-31)16(11-20(28-23)14-6-7-14)24(32)29-19-9-8-15(25)10-18(19)27/h3-5,8-11,14H,6-7H2,1-2H3,(H,29,32). The summed E-state index contributed by atoms with van der Waals surface area (Å²) in [6.07, 6.45) is 2.06. The number of anilines is 1. The third kappa shape index (κ3) is 3.69. The fraction of sp³-hybridized carbons (Fsp3) is 0.208. The van der Waals surface area contributed by atoms with Crippen molar-refractivity contribution in [3.8, 4) is 5.69 Å². The lowest BCUT2D eigenvalue weighted by Crippen LogP contribution is -2.14. The highest BCUT2D eigenvalue weighted by Gasteiger charge is 2.29. The lowest BCUT2D eigenvalue weighted by Gasteiger charge is -2.11. The maximum Gasteiger partial charge on any atom is 0.256 e. The number of pyridine rings is 1. The van der Waals surface area contributed by atoms with Gasteiger partial charge >= 0.3 is 0 Å². The monoisotopic (exact) mass is 512 g/mol. The Morgan fingerprint density at radius 3 is 2.72 bits per heavy atom. The summed E-state index contributed by atoms with van der Waals surface area (Å²) in [7, 11) is 0. The molecule has 2 heterocycles. The van der Waals surface area contributed by atoms with Crippen LogP contribution in [0.2, 0.25) is 5.02 Å². The molecule has 5 rings (SSSR count). The van der Waals surface area contributed by atoms with E-state index in [2.05, 4.69) is 21.2 Å². The molecule has 4 aromatic rings. The number of fused-ring (bicyclic) bond motifs is 1. The van der Waals surface area contributed by atoms with Crippen LogP contribution >= 0.6 is 27.5 Å². The second kappa shape index (κ2) is 7.98. The smallest absolute Gasteiger partial charge is 0.256 e. The van der Waals surface area contributed by atoms with E-state index < -0.39 is 11.7 Å². The Balaban J connectivity index is 1.68. The van der Waals surface area contributed by atoms with Crippen molar-refractivity contribution < 1.29 is 9.18 Å². The van der Waals surface area contributed by atoms with Gasteiger partial charge in [-0.1, -0.05) is 33.6 Å². The van der Waals surface area contributed by atoms with Gasteiger partial charge in [0.2, 0.25) is 0 Å². The summed E-state index contributed by atoms with van der Waals surface area (Å²) in [4.78, 5) is 18.2.